The third-order valence-corrected chi connectivity index (χ3v) is 4.24. The number of nitriles is 2. The molecule has 0 N–H and O–H groups in total. The van der Waals surface area contributed by atoms with Gasteiger partial charge in [0.25, 0.3) is 4.45 Å². The van der Waals surface area contributed by atoms with E-state index >= 15 is 0 Å². The van der Waals surface area contributed by atoms with Gasteiger partial charge in [-0.2, -0.15) is 10.5 Å². The Bertz CT molecular complexity index is 425. The molecule has 0 amide bonds. The maximum atomic E-state index is 8.23. The van der Waals surface area contributed by atoms with Gasteiger partial charge in [-0.3, -0.25) is 4.85 Å². The molecule has 0 heterocycles. The summed E-state index contributed by atoms with van der Waals surface area (Å²) in [5.41, 5.74) is 0.464. The second-order valence-electron chi connectivity index (χ2n) is 3.16. The van der Waals surface area contributed by atoms with Crippen molar-refractivity contribution in [3.05, 3.63) is 35.1 Å². The van der Waals surface area contributed by atoms with Crippen molar-refractivity contribution in [2.75, 3.05) is 5.33 Å². The fourth-order valence-corrected chi connectivity index (χ4v) is 1.26. The minimum atomic E-state index is -0.567. The number of allylic oxidation sites excluding steroid dienone is 1. The smallest absolute Gasteiger partial charge is 0.295 e. The maximum Gasteiger partial charge on any atom is 0.295 e. The second-order valence-corrected chi connectivity index (χ2v) is 5.19. The zero-order valence-electron chi connectivity index (χ0n) is 10.5. The van der Waals surface area contributed by atoms with Gasteiger partial charge in [0.1, 0.15) is 0 Å². The highest BCUT2D eigenvalue weighted by atomic mass is 80.9. The van der Waals surface area contributed by atoms with Crippen molar-refractivity contribution in [1.29, 1.82) is 10.5 Å². The molecule has 8 heteroatoms. The van der Waals surface area contributed by atoms with Crippen LogP contribution in [0.5, 0.6) is 0 Å². The Morgan fingerprint density at radius 1 is 1.19 bits per heavy atom. The standard InChI is InChI=1S/C6H6Br2N2.C6H6N2.CH4.Br2/c1-10-6(8,5-7)3-2-4-9;1-6(8-2)4-3-5-7;;1-2/h2-3,5H2;1,3-4H2;1H4;. The predicted octanol–water partition coefficient (Wildman–Crippen LogP) is 6.75. The van der Waals surface area contributed by atoms with Crippen LogP contribution in [-0.2, 0) is 0 Å². The summed E-state index contributed by atoms with van der Waals surface area (Å²) in [5, 5.41) is 16.8. The van der Waals surface area contributed by atoms with Crippen molar-refractivity contribution in [2.45, 2.75) is 37.6 Å². The lowest BCUT2D eigenvalue weighted by molar-refractivity contribution is 0.737. The van der Waals surface area contributed by atoms with Crippen molar-refractivity contribution >= 4 is 60.1 Å². The van der Waals surface area contributed by atoms with Crippen LogP contribution in [0.15, 0.2) is 12.3 Å². The van der Waals surface area contributed by atoms with E-state index in [2.05, 4.69) is 76.4 Å². The third kappa shape index (κ3) is 22.1. The zero-order valence-corrected chi connectivity index (χ0v) is 16.9. The van der Waals surface area contributed by atoms with Crippen LogP contribution in [0.25, 0.3) is 9.69 Å². The quantitative estimate of drug-likeness (QED) is 0.217. The Morgan fingerprint density at radius 2 is 1.67 bits per heavy atom. The van der Waals surface area contributed by atoms with Gasteiger partial charge in [-0.1, -0.05) is 29.9 Å². The number of rotatable bonds is 5. The first kappa shape index (κ1) is 28.7. The van der Waals surface area contributed by atoms with Gasteiger partial charge in [0.15, 0.2) is 5.70 Å². The van der Waals surface area contributed by atoms with Crippen LogP contribution in [0.4, 0.5) is 0 Å². The molecule has 4 nitrogen and oxygen atoms in total. The minimum absolute atomic E-state index is 0. The normalized spacial score (nSPS) is 9.90. The molecule has 21 heavy (non-hydrogen) atoms. The summed E-state index contributed by atoms with van der Waals surface area (Å²) >= 11 is 11.9. The molecule has 0 aliphatic heterocycles. The second kappa shape index (κ2) is 21.9. The lowest BCUT2D eigenvalue weighted by Crippen LogP contribution is -2.16. The van der Waals surface area contributed by atoms with E-state index < -0.39 is 4.45 Å². The summed E-state index contributed by atoms with van der Waals surface area (Å²) in [6, 6.07) is 3.93. The Kier molecular flexibility index (Phi) is 30.0. The van der Waals surface area contributed by atoms with Gasteiger partial charge in [-0.05, 0) is 6.42 Å². The first-order chi connectivity index (χ1) is 9.49. The number of nitrogens with zero attached hydrogens (tertiary/aromatic N) is 4. The molecule has 0 rings (SSSR count). The topological polar surface area (TPSA) is 56.3 Å². The van der Waals surface area contributed by atoms with Gasteiger partial charge in [-0.15, -0.1) is 0 Å². The van der Waals surface area contributed by atoms with E-state index in [1.165, 1.54) is 0 Å². The summed E-state index contributed by atoms with van der Waals surface area (Å²) in [5.74, 6) is 0. The fraction of sp³-hybridized carbons (Fsp3) is 0.538. The SMILES string of the molecule is BrBr.C.[C-]#[N+]C(=C)CCC#N.[C-]#[N+]C(Br)(CBr)CCC#N. The molecule has 1 atom stereocenters. The summed E-state index contributed by atoms with van der Waals surface area (Å²) in [6.45, 7) is 16.6. The van der Waals surface area contributed by atoms with E-state index in [0.29, 0.717) is 36.7 Å². The van der Waals surface area contributed by atoms with Crippen LogP contribution in [0.3, 0.4) is 0 Å². The van der Waals surface area contributed by atoms with Crippen molar-refractivity contribution in [1.82, 2.24) is 0 Å². The summed E-state index contributed by atoms with van der Waals surface area (Å²) < 4.78 is -0.567. The van der Waals surface area contributed by atoms with Gasteiger partial charge in [0.05, 0.1) is 30.5 Å². The first-order valence-corrected chi connectivity index (χ1v) is 10.7. The maximum absolute atomic E-state index is 8.23. The van der Waals surface area contributed by atoms with Crippen LogP contribution in [0, 0.1) is 35.8 Å². The highest BCUT2D eigenvalue weighted by Gasteiger charge is 2.30. The van der Waals surface area contributed by atoms with Gasteiger partial charge in [0.2, 0.25) is 0 Å². The average molecular weight is 548 g/mol. The number of hydrogen-bond acceptors (Lipinski definition) is 2. The van der Waals surface area contributed by atoms with Crippen molar-refractivity contribution < 1.29 is 0 Å². The monoisotopic (exact) mass is 544 g/mol. The molecule has 0 spiro atoms. The number of hydrogen-bond donors (Lipinski definition) is 0. The van der Waals surface area contributed by atoms with Crippen molar-refractivity contribution in [3.8, 4) is 12.1 Å². The Hall–Kier alpha value is -0.380. The highest BCUT2D eigenvalue weighted by Crippen LogP contribution is 2.27. The van der Waals surface area contributed by atoms with Crippen LogP contribution >= 0.6 is 60.1 Å². The minimum Gasteiger partial charge on any atom is -0.297 e. The zero-order chi connectivity index (χ0) is 16.4. The third-order valence-electron chi connectivity index (χ3n) is 1.71. The van der Waals surface area contributed by atoms with Crippen LogP contribution in [-0.4, -0.2) is 9.78 Å². The number of alkyl halides is 2. The van der Waals surface area contributed by atoms with E-state index in [1.807, 2.05) is 12.1 Å². The summed E-state index contributed by atoms with van der Waals surface area (Å²) in [6.07, 6.45) is 1.90. The molecule has 0 aromatic carbocycles. The van der Waals surface area contributed by atoms with Crippen molar-refractivity contribution in [2.24, 2.45) is 0 Å². The van der Waals surface area contributed by atoms with E-state index in [9.17, 15) is 0 Å². The largest absolute Gasteiger partial charge is 0.297 e. The summed E-state index contributed by atoms with van der Waals surface area (Å²) in [7, 11) is 0. The molecule has 1 unspecified atom stereocenters. The highest BCUT2D eigenvalue weighted by molar-refractivity contribution is 9.93. The first-order valence-electron chi connectivity index (χ1n) is 5.06. The lowest BCUT2D eigenvalue weighted by atomic mass is 10.2. The van der Waals surface area contributed by atoms with Gasteiger partial charge in [-0.25, -0.2) is 11.4 Å². The Morgan fingerprint density at radius 3 is 1.95 bits per heavy atom. The van der Waals surface area contributed by atoms with Crippen molar-refractivity contribution in [3.63, 3.8) is 0 Å². The van der Waals surface area contributed by atoms with Gasteiger partial charge in [0, 0.05) is 57.0 Å². The molecule has 0 aromatic heterocycles. The van der Waals surface area contributed by atoms with E-state index in [0.717, 1.165) is 0 Å². The van der Waals surface area contributed by atoms with E-state index in [1.54, 1.807) is 0 Å². The molecule has 0 aromatic rings. The molecular weight excluding hydrogens is 532 g/mol. The molecule has 0 saturated carbocycles. The van der Waals surface area contributed by atoms with E-state index in [4.69, 9.17) is 23.7 Å². The molecule has 0 fully saturated rings. The van der Waals surface area contributed by atoms with Gasteiger partial charge >= 0.3 is 0 Å². The molecule has 0 bridgehead atoms. The van der Waals surface area contributed by atoms with Crippen LogP contribution < -0.4 is 0 Å². The molecule has 0 saturated heterocycles. The molecule has 0 aliphatic carbocycles. The average Bonchev–Trinajstić information content (AvgIpc) is 2.52. The Balaban J connectivity index is -0.000000120. The molecular formula is C13H16Br4N4. The van der Waals surface area contributed by atoms with Crippen LogP contribution in [0.2, 0.25) is 0 Å². The molecule has 0 radical (unpaired) electrons. The van der Waals surface area contributed by atoms with E-state index in [-0.39, 0.29) is 7.43 Å². The Labute approximate surface area is 159 Å². The lowest BCUT2D eigenvalue weighted by Gasteiger charge is -2.07. The fourth-order valence-electron chi connectivity index (χ4n) is 0.656. The molecule has 0 aliphatic rings. The summed E-state index contributed by atoms with van der Waals surface area (Å²) in [4.78, 5) is 6.38. The molecule has 116 valence electrons. The number of halogens is 4. The predicted molar refractivity (Wildman–Crippen MR) is 102 cm³/mol. The van der Waals surface area contributed by atoms with Gasteiger partial charge < -0.3 is 0 Å². The van der Waals surface area contributed by atoms with Crippen LogP contribution in [0.1, 0.15) is 33.1 Å².